The maximum absolute atomic E-state index is 12.7. The number of sulfonamides is 1. The topological polar surface area (TPSA) is 111 Å². The Balaban J connectivity index is 1.43. The summed E-state index contributed by atoms with van der Waals surface area (Å²) in [5.41, 5.74) is 1.43. The van der Waals surface area contributed by atoms with Crippen molar-refractivity contribution in [3.8, 4) is 11.5 Å². The van der Waals surface area contributed by atoms with E-state index in [1.807, 2.05) is 6.07 Å². The third kappa shape index (κ3) is 5.81. The predicted octanol–water partition coefficient (Wildman–Crippen LogP) is 4.88. The van der Waals surface area contributed by atoms with Crippen LogP contribution in [0.3, 0.4) is 0 Å². The van der Waals surface area contributed by atoms with E-state index in [1.54, 1.807) is 48.5 Å². The average molecular weight is 518 g/mol. The number of benzene rings is 3. The zero-order valence-electron chi connectivity index (χ0n) is 17.4. The first-order chi connectivity index (χ1) is 16.3. The Morgan fingerprint density at radius 1 is 0.971 bits per heavy atom. The predicted molar refractivity (Wildman–Crippen MR) is 126 cm³/mol. The van der Waals surface area contributed by atoms with E-state index in [0.717, 1.165) is 11.6 Å². The van der Waals surface area contributed by atoms with Crippen LogP contribution in [-0.4, -0.2) is 24.6 Å². The van der Waals surface area contributed by atoms with Crippen LogP contribution in [0.2, 0.25) is 10.0 Å². The number of nitrogens with one attached hydrogen (secondary N) is 1. The molecule has 0 atom stereocenters. The van der Waals surface area contributed by atoms with Crippen LogP contribution in [0, 0.1) is 0 Å². The number of carbonyl (C=O) groups is 1. The van der Waals surface area contributed by atoms with E-state index < -0.39 is 16.0 Å². The van der Waals surface area contributed by atoms with Crippen LogP contribution in [-0.2, 0) is 27.9 Å². The molecule has 4 rings (SSSR count). The standard InChI is InChI=1S/C23H17Cl2N3O5S/c24-18-9-6-16(7-10-18)22-28-27-21(33-22)14-32-23(29)17-8-11-19(25)20(12-17)34(30,31)26-13-15-4-2-1-3-5-15/h1-12,26H,13-14H2. The Hall–Kier alpha value is -3.24. The van der Waals surface area contributed by atoms with Crippen molar-refractivity contribution in [3.63, 3.8) is 0 Å². The normalized spacial score (nSPS) is 11.4. The molecule has 4 aromatic rings. The molecule has 1 aromatic heterocycles. The highest BCUT2D eigenvalue weighted by Gasteiger charge is 2.21. The highest BCUT2D eigenvalue weighted by atomic mass is 35.5. The zero-order valence-corrected chi connectivity index (χ0v) is 19.8. The van der Waals surface area contributed by atoms with Crippen molar-refractivity contribution in [1.82, 2.24) is 14.9 Å². The second-order valence-corrected chi connectivity index (χ2v) is 9.62. The van der Waals surface area contributed by atoms with E-state index in [0.29, 0.717) is 10.6 Å². The van der Waals surface area contributed by atoms with Crippen LogP contribution in [0.25, 0.3) is 11.5 Å². The number of rotatable bonds is 8. The molecule has 0 aliphatic rings. The number of ether oxygens (including phenoxy) is 1. The van der Waals surface area contributed by atoms with Crippen molar-refractivity contribution >= 4 is 39.2 Å². The molecule has 0 saturated carbocycles. The van der Waals surface area contributed by atoms with Gasteiger partial charge in [-0.1, -0.05) is 53.5 Å². The molecule has 34 heavy (non-hydrogen) atoms. The lowest BCUT2D eigenvalue weighted by Crippen LogP contribution is -2.24. The number of halogens is 2. The van der Waals surface area contributed by atoms with Gasteiger partial charge in [0, 0.05) is 17.1 Å². The highest BCUT2D eigenvalue weighted by molar-refractivity contribution is 7.89. The van der Waals surface area contributed by atoms with E-state index in [-0.39, 0.29) is 40.4 Å². The van der Waals surface area contributed by atoms with Crippen LogP contribution in [0.4, 0.5) is 0 Å². The van der Waals surface area contributed by atoms with Crippen molar-refractivity contribution in [2.75, 3.05) is 0 Å². The van der Waals surface area contributed by atoms with Gasteiger partial charge in [0.2, 0.25) is 15.9 Å². The fourth-order valence-corrected chi connectivity index (χ4v) is 4.59. The van der Waals surface area contributed by atoms with Gasteiger partial charge in [-0.05, 0) is 48.0 Å². The first-order valence-electron chi connectivity index (χ1n) is 9.90. The Labute approximate surface area is 205 Å². The fourth-order valence-electron chi connectivity index (χ4n) is 2.92. The van der Waals surface area contributed by atoms with Gasteiger partial charge < -0.3 is 9.15 Å². The molecule has 0 bridgehead atoms. The Kier molecular flexibility index (Phi) is 7.28. The van der Waals surface area contributed by atoms with Gasteiger partial charge in [-0.15, -0.1) is 10.2 Å². The molecule has 174 valence electrons. The first-order valence-corrected chi connectivity index (χ1v) is 12.1. The Morgan fingerprint density at radius 2 is 1.71 bits per heavy atom. The zero-order chi connectivity index (χ0) is 24.1. The summed E-state index contributed by atoms with van der Waals surface area (Å²) in [4.78, 5) is 12.3. The van der Waals surface area contributed by atoms with Crippen LogP contribution >= 0.6 is 23.2 Å². The van der Waals surface area contributed by atoms with E-state index in [2.05, 4.69) is 14.9 Å². The van der Waals surface area contributed by atoms with Gasteiger partial charge in [0.1, 0.15) is 4.90 Å². The number of hydrogen-bond acceptors (Lipinski definition) is 7. The molecule has 0 aliphatic carbocycles. The number of carbonyl (C=O) groups excluding carboxylic acids is 1. The van der Waals surface area contributed by atoms with Crippen molar-refractivity contribution in [3.05, 3.63) is 99.9 Å². The van der Waals surface area contributed by atoms with Gasteiger partial charge in [0.25, 0.3) is 5.89 Å². The lowest BCUT2D eigenvalue weighted by Gasteiger charge is -2.10. The lowest BCUT2D eigenvalue weighted by molar-refractivity contribution is 0.0438. The molecule has 0 radical (unpaired) electrons. The molecule has 0 unspecified atom stereocenters. The minimum atomic E-state index is -3.98. The summed E-state index contributed by atoms with van der Waals surface area (Å²) in [5, 5.41) is 8.31. The molecule has 0 aliphatic heterocycles. The first kappa shape index (κ1) is 23.9. The highest BCUT2D eigenvalue weighted by Crippen LogP contribution is 2.24. The minimum absolute atomic E-state index is 0.00178. The van der Waals surface area contributed by atoms with Crippen molar-refractivity contribution < 1.29 is 22.4 Å². The van der Waals surface area contributed by atoms with Gasteiger partial charge in [0.15, 0.2) is 6.61 Å². The summed E-state index contributed by atoms with van der Waals surface area (Å²) in [6.07, 6.45) is 0. The van der Waals surface area contributed by atoms with Crippen LogP contribution in [0.15, 0.2) is 82.1 Å². The maximum Gasteiger partial charge on any atom is 0.338 e. The van der Waals surface area contributed by atoms with Crippen LogP contribution in [0.1, 0.15) is 21.8 Å². The SMILES string of the molecule is O=C(OCc1nnc(-c2ccc(Cl)cc2)o1)c1ccc(Cl)c(S(=O)(=O)NCc2ccccc2)c1. The van der Waals surface area contributed by atoms with Crippen LogP contribution in [0.5, 0.6) is 0 Å². The summed E-state index contributed by atoms with van der Waals surface area (Å²) in [6.45, 7) is -0.225. The summed E-state index contributed by atoms with van der Waals surface area (Å²) < 4.78 is 38.7. The maximum atomic E-state index is 12.7. The summed E-state index contributed by atoms with van der Waals surface area (Å²) >= 11 is 12.0. The van der Waals surface area contributed by atoms with Gasteiger partial charge >= 0.3 is 5.97 Å². The molecule has 0 fully saturated rings. The van der Waals surface area contributed by atoms with E-state index in [4.69, 9.17) is 32.4 Å². The second kappa shape index (κ2) is 10.4. The molecular formula is C23H17Cl2N3O5S. The summed E-state index contributed by atoms with van der Waals surface area (Å²) in [7, 11) is -3.98. The summed E-state index contributed by atoms with van der Waals surface area (Å²) in [6, 6.07) is 19.6. The Morgan fingerprint density at radius 3 is 2.44 bits per heavy atom. The number of hydrogen-bond donors (Lipinski definition) is 1. The largest absolute Gasteiger partial charge is 0.452 e. The molecular weight excluding hydrogens is 501 g/mol. The molecule has 0 spiro atoms. The van der Waals surface area contributed by atoms with Crippen molar-refractivity contribution in [2.24, 2.45) is 0 Å². The van der Waals surface area contributed by atoms with E-state index >= 15 is 0 Å². The summed E-state index contributed by atoms with van der Waals surface area (Å²) in [5.74, 6) is -0.459. The molecule has 3 aromatic carbocycles. The van der Waals surface area contributed by atoms with Gasteiger partial charge in [-0.25, -0.2) is 17.9 Å². The third-order valence-corrected chi connectivity index (χ3v) is 6.79. The molecule has 1 N–H and O–H groups in total. The molecule has 1 heterocycles. The van der Waals surface area contributed by atoms with Crippen molar-refractivity contribution in [2.45, 2.75) is 18.0 Å². The van der Waals surface area contributed by atoms with Gasteiger partial charge in [0.05, 0.1) is 10.6 Å². The molecule has 0 amide bonds. The van der Waals surface area contributed by atoms with E-state index in [1.165, 1.54) is 12.1 Å². The van der Waals surface area contributed by atoms with Gasteiger partial charge in [-0.3, -0.25) is 0 Å². The van der Waals surface area contributed by atoms with Gasteiger partial charge in [-0.2, -0.15) is 0 Å². The van der Waals surface area contributed by atoms with E-state index in [9.17, 15) is 13.2 Å². The van der Waals surface area contributed by atoms with Crippen molar-refractivity contribution in [1.29, 1.82) is 0 Å². The second-order valence-electron chi connectivity index (χ2n) is 7.04. The Bertz CT molecular complexity index is 1410. The minimum Gasteiger partial charge on any atom is -0.452 e. The molecule has 11 heteroatoms. The lowest BCUT2D eigenvalue weighted by atomic mass is 10.2. The van der Waals surface area contributed by atoms with Crippen LogP contribution < -0.4 is 4.72 Å². The number of aromatic nitrogens is 2. The number of esters is 1. The third-order valence-electron chi connectivity index (χ3n) is 4.65. The molecule has 0 saturated heterocycles. The average Bonchev–Trinajstić information content (AvgIpc) is 3.32. The quantitative estimate of drug-likeness (QED) is 0.331. The smallest absolute Gasteiger partial charge is 0.338 e. The fraction of sp³-hybridized carbons (Fsp3) is 0.0870. The monoisotopic (exact) mass is 517 g/mol. The number of nitrogens with zero attached hydrogens (tertiary/aromatic N) is 2. The molecule has 8 nitrogen and oxygen atoms in total.